The van der Waals surface area contributed by atoms with E-state index in [0.717, 1.165) is 11.1 Å². The number of fused-ring (bicyclic) bond motifs is 1. The molecule has 1 heterocycles. The van der Waals surface area contributed by atoms with E-state index in [1.54, 1.807) is 24.3 Å². The Hall–Kier alpha value is -2.24. The smallest absolute Gasteiger partial charge is 0.342 e. The Balaban J connectivity index is 1.79. The summed E-state index contributed by atoms with van der Waals surface area (Å²) in [5.74, 6) is -0.0905. The van der Waals surface area contributed by atoms with E-state index in [9.17, 15) is 9.90 Å². The molecule has 0 aliphatic carbocycles. The van der Waals surface area contributed by atoms with Crippen LogP contribution >= 0.6 is 11.6 Å². The van der Waals surface area contributed by atoms with Gasteiger partial charge >= 0.3 is 5.97 Å². The van der Waals surface area contributed by atoms with Crippen LogP contribution in [-0.4, -0.2) is 17.9 Å². The minimum absolute atomic E-state index is 0.00485. The molecule has 23 heavy (non-hydrogen) atoms. The summed E-state index contributed by atoms with van der Waals surface area (Å²) < 4.78 is 16.0. The van der Waals surface area contributed by atoms with E-state index in [2.05, 4.69) is 0 Å². The Morgan fingerprint density at radius 2 is 2.17 bits per heavy atom. The van der Waals surface area contributed by atoms with E-state index in [-0.39, 0.29) is 24.7 Å². The molecule has 0 radical (unpaired) electrons. The predicted molar refractivity (Wildman–Crippen MR) is 83.7 cm³/mol. The number of phenols is 1. The third-order valence-electron chi connectivity index (χ3n) is 3.48. The maximum Gasteiger partial charge on any atom is 0.342 e. The summed E-state index contributed by atoms with van der Waals surface area (Å²) in [5.41, 5.74) is 2.46. The average Bonchev–Trinajstić information content (AvgIpc) is 2.54. The van der Waals surface area contributed by atoms with Gasteiger partial charge in [0.25, 0.3) is 0 Å². The van der Waals surface area contributed by atoms with Gasteiger partial charge in [-0.25, -0.2) is 4.79 Å². The van der Waals surface area contributed by atoms with Gasteiger partial charge in [0.15, 0.2) is 6.79 Å². The maximum absolute atomic E-state index is 12.2. The molecule has 0 saturated carbocycles. The molecule has 1 aliphatic heterocycles. The molecule has 1 aliphatic rings. The van der Waals surface area contributed by atoms with Gasteiger partial charge in [-0.15, -0.1) is 0 Å². The molecule has 0 spiro atoms. The van der Waals surface area contributed by atoms with Crippen LogP contribution in [0.4, 0.5) is 0 Å². The number of hydrogen-bond acceptors (Lipinski definition) is 5. The van der Waals surface area contributed by atoms with E-state index in [4.69, 9.17) is 25.8 Å². The highest BCUT2D eigenvalue weighted by atomic mass is 35.5. The van der Waals surface area contributed by atoms with Crippen molar-refractivity contribution >= 4 is 17.6 Å². The third-order valence-corrected chi connectivity index (χ3v) is 3.70. The van der Waals surface area contributed by atoms with Crippen LogP contribution < -0.4 is 4.74 Å². The number of ether oxygens (including phenoxy) is 3. The topological polar surface area (TPSA) is 65.0 Å². The van der Waals surface area contributed by atoms with Crippen molar-refractivity contribution in [3.63, 3.8) is 0 Å². The second-order valence-corrected chi connectivity index (χ2v) is 5.70. The van der Waals surface area contributed by atoms with Crippen molar-refractivity contribution in [2.75, 3.05) is 6.79 Å². The first-order valence-corrected chi connectivity index (χ1v) is 7.41. The molecule has 3 rings (SSSR count). The lowest BCUT2D eigenvalue weighted by Gasteiger charge is -2.21. The van der Waals surface area contributed by atoms with Crippen molar-refractivity contribution in [2.24, 2.45) is 0 Å². The summed E-state index contributed by atoms with van der Waals surface area (Å²) >= 11 is 6.07. The Labute approximate surface area is 138 Å². The van der Waals surface area contributed by atoms with Gasteiger partial charge in [-0.05, 0) is 31.2 Å². The molecule has 2 aromatic carbocycles. The molecule has 0 aromatic heterocycles. The van der Waals surface area contributed by atoms with Crippen molar-refractivity contribution in [3.8, 4) is 11.5 Å². The zero-order chi connectivity index (χ0) is 16.4. The fourth-order valence-electron chi connectivity index (χ4n) is 2.40. The summed E-state index contributed by atoms with van der Waals surface area (Å²) in [7, 11) is 0. The monoisotopic (exact) mass is 334 g/mol. The fraction of sp³-hybridized carbons (Fsp3) is 0.235. The lowest BCUT2D eigenvalue weighted by atomic mass is 10.1. The van der Waals surface area contributed by atoms with E-state index >= 15 is 0 Å². The van der Waals surface area contributed by atoms with Crippen LogP contribution in [0.15, 0.2) is 30.3 Å². The number of aromatic hydroxyl groups is 1. The predicted octanol–water partition coefficient (Wildman–Crippen LogP) is 3.58. The van der Waals surface area contributed by atoms with Gasteiger partial charge in [-0.2, -0.15) is 0 Å². The molecular weight excluding hydrogens is 320 g/mol. The molecule has 0 atom stereocenters. The quantitative estimate of drug-likeness (QED) is 0.869. The second kappa shape index (κ2) is 6.48. The highest BCUT2D eigenvalue weighted by molar-refractivity contribution is 6.30. The molecule has 0 saturated heterocycles. The zero-order valence-corrected chi connectivity index (χ0v) is 13.2. The first-order valence-electron chi connectivity index (χ1n) is 7.03. The normalized spacial score (nSPS) is 13.1. The molecule has 1 N–H and O–H groups in total. The van der Waals surface area contributed by atoms with Gasteiger partial charge in [-0.1, -0.05) is 23.2 Å². The Morgan fingerprint density at radius 1 is 1.35 bits per heavy atom. The van der Waals surface area contributed by atoms with Crippen LogP contribution in [0.3, 0.4) is 0 Å². The van der Waals surface area contributed by atoms with E-state index in [1.807, 2.05) is 6.92 Å². The van der Waals surface area contributed by atoms with Crippen molar-refractivity contribution < 1.29 is 24.1 Å². The molecule has 120 valence electrons. The van der Waals surface area contributed by atoms with Crippen molar-refractivity contribution in [1.29, 1.82) is 0 Å². The van der Waals surface area contributed by atoms with Crippen LogP contribution in [0.25, 0.3) is 0 Å². The third kappa shape index (κ3) is 3.41. The SMILES string of the molecule is Cc1ccc(O)c(C(=O)OCc2cc(Cl)cc3c2OCOC3)c1. The van der Waals surface area contributed by atoms with E-state index < -0.39 is 5.97 Å². The summed E-state index contributed by atoms with van der Waals surface area (Å²) in [6, 6.07) is 8.21. The number of hydrogen-bond donors (Lipinski definition) is 1. The Morgan fingerprint density at radius 3 is 3.00 bits per heavy atom. The largest absolute Gasteiger partial charge is 0.507 e. The molecule has 0 fully saturated rings. The number of aryl methyl sites for hydroxylation is 1. The summed E-state index contributed by atoms with van der Waals surface area (Å²) in [6.45, 7) is 2.37. The highest BCUT2D eigenvalue weighted by Crippen LogP contribution is 2.32. The number of benzene rings is 2. The molecule has 6 heteroatoms. The molecular formula is C17H15ClO5. The molecule has 0 bridgehead atoms. The lowest BCUT2D eigenvalue weighted by molar-refractivity contribution is -0.0180. The van der Waals surface area contributed by atoms with Gasteiger partial charge < -0.3 is 19.3 Å². The van der Waals surface area contributed by atoms with Gasteiger partial charge in [0, 0.05) is 16.1 Å². The van der Waals surface area contributed by atoms with Crippen LogP contribution in [0, 0.1) is 6.92 Å². The number of halogens is 1. The van der Waals surface area contributed by atoms with Crippen LogP contribution in [0.1, 0.15) is 27.0 Å². The molecule has 0 unspecified atom stereocenters. The summed E-state index contributed by atoms with van der Waals surface area (Å²) in [5, 5.41) is 10.3. The molecule has 2 aromatic rings. The number of carbonyl (C=O) groups excluding carboxylic acids is 1. The van der Waals surface area contributed by atoms with Crippen LogP contribution in [0.2, 0.25) is 5.02 Å². The number of esters is 1. The maximum atomic E-state index is 12.2. The summed E-state index contributed by atoms with van der Waals surface area (Å²) in [6.07, 6.45) is 0. The van der Waals surface area contributed by atoms with Crippen LogP contribution in [0.5, 0.6) is 11.5 Å². The van der Waals surface area contributed by atoms with Crippen molar-refractivity contribution in [1.82, 2.24) is 0 Å². The van der Waals surface area contributed by atoms with Crippen LogP contribution in [-0.2, 0) is 22.7 Å². The molecule has 5 nitrogen and oxygen atoms in total. The summed E-state index contributed by atoms with van der Waals surface area (Å²) in [4.78, 5) is 12.2. The first kappa shape index (κ1) is 15.6. The fourth-order valence-corrected chi connectivity index (χ4v) is 2.66. The lowest BCUT2D eigenvalue weighted by Crippen LogP contribution is -2.14. The highest BCUT2D eigenvalue weighted by Gasteiger charge is 2.19. The van der Waals surface area contributed by atoms with Gasteiger partial charge in [-0.3, -0.25) is 0 Å². The standard InChI is InChI=1S/C17H15ClO5/c1-10-2-3-15(19)14(4-10)17(20)22-8-12-6-13(18)5-11-7-21-9-23-16(11)12/h2-6,19H,7-9H2,1H3. The molecule has 0 amide bonds. The Kier molecular flexibility index (Phi) is 4.41. The average molecular weight is 335 g/mol. The van der Waals surface area contributed by atoms with Gasteiger partial charge in [0.05, 0.1) is 6.61 Å². The number of rotatable bonds is 3. The second-order valence-electron chi connectivity index (χ2n) is 5.26. The van der Waals surface area contributed by atoms with Crippen molar-refractivity contribution in [2.45, 2.75) is 20.1 Å². The minimum Gasteiger partial charge on any atom is -0.507 e. The zero-order valence-electron chi connectivity index (χ0n) is 12.5. The minimum atomic E-state index is -0.605. The van der Waals surface area contributed by atoms with E-state index in [0.29, 0.717) is 22.9 Å². The van der Waals surface area contributed by atoms with Gasteiger partial charge in [0.1, 0.15) is 23.7 Å². The first-order chi connectivity index (χ1) is 11.0. The Bertz CT molecular complexity index is 757. The number of carbonyl (C=O) groups is 1. The number of phenolic OH excluding ortho intramolecular Hbond substituents is 1. The van der Waals surface area contributed by atoms with Crippen molar-refractivity contribution in [3.05, 3.63) is 57.6 Å². The van der Waals surface area contributed by atoms with E-state index in [1.165, 1.54) is 6.07 Å². The van der Waals surface area contributed by atoms with Gasteiger partial charge in [0.2, 0.25) is 0 Å².